The highest BCUT2D eigenvalue weighted by Crippen LogP contribution is 2.32. The second-order valence-electron chi connectivity index (χ2n) is 8.29. The third-order valence-corrected chi connectivity index (χ3v) is 6.14. The highest BCUT2D eigenvalue weighted by molar-refractivity contribution is 5.82. The molecule has 3 aromatic carbocycles. The third-order valence-electron chi connectivity index (χ3n) is 6.14. The highest BCUT2D eigenvalue weighted by atomic mass is 16.5. The first-order valence-corrected chi connectivity index (χ1v) is 10.9. The van der Waals surface area contributed by atoms with Gasteiger partial charge in [-0.15, -0.1) is 0 Å². The van der Waals surface area contributed by atoms with Crippen molar-refractivity contribution in [2.45, 2.75) is 37.9 Å². The van der Waals surface area contributed by atoms with E-state index in [0.29, 0.717) is 32.5 Å². The number of fused-ring (bicyclic) bond motifs is 1. The maximum atomic E-state index is 11.6. The predicted octanol–water partition coefficient (Wildman–Crippen LogP) is 4.91. The van der Waals surface area contributed by atoms with E-state index in [1.807, 2.05) is 42.5 Å². The molecule has 0 aromatic heterocycles. The summed E-state index contributed by atoms with van der Waals surface area (Å²) in [5.41, 5.74) is 3.13. The summed E-state index contributed by atoms with van der Waals surface area (Å²) < 4.78 is 6.29. The number of rotatable bonds is 7. The molecule has 2 atom stereocenters. The number of likely N-dealkylation sites (tertiary alicyclic amines) is 1. The monoisotopic (exact) mass is 433 g/mol. The van der Waals surface area contributed by atoms with Crippen LogP contribution >= 0.6 is 0 Å². The molecule has 1 aliphatic rings. The summed E-state index contributed by atoms with van der Waals surface area (Å²) in [6.45, 7) is 1.21. The summed E-state index contributed by atoms with van der Waals surface area (Å²) in [4.78, 5) is 23.8. The number of hydrogen-bond donors (Lipinski definition) is 2. The van der Waals surface area contributed by atoms with Crippen molar-refractivity contribution in [2.75, 3.05) is 13.1 Å². The molecular weight excluding hydrogens is 406 g/mol. The van der Waals surface area contributed by atoms with Gasteiger partial charge in [-0.1, -0.05) is 60.7 Å². The molecule has 2 N–H and O–H groups in total. The van der Waals surface area contributed by atoms with Crippen molar-refractivity contribution in [3.8, 4) is 0 Å². The Morgan fingerprint density at radius 3 is 2.38 bits per heavy atom. The number of aryl methyl sites for hydroxylation is 1. The van der Waals surface area contributed by atoms with E-state index in [-0.39, 0.29) is 18.4 Å². The Morgan fingerprint density at radius 1 is 0.938 bits per heavy atom. The summed E-state index contributed by atoms with van der Waals surface area (Å²) in [5.74, 6) is -0.725. The topological polar surface area (TPSA) is 87.1 Å². The van der Waals surface area contributed by atoms with Gasteiger partial charge < -0.3 is 19.8 Å². The third kappa shape index (κ3) is 5.26. The molecule has 166 valence electrons. The van der Waals surface area contributed by atoms with Gasteiger partial charge in [0.05, 0.1) is 19.3 Å². The van der Waals surface area contributed by atoms with Gasteiger partial charge in [-0.05, 0) is 46.4 Å². The van der Waals surface area contributed by atoms with E-state index in [9.17, 15) is 14.7 Å². The first kappa shape index (κ1) is 21.8. The molecule has 2 unspecified atom stereocenters. The molecule has 1 saturated heterocycles. The minimum absolute atomic E-state index is 0.0829. The summed E-state index contributed by atoms with van der Waals surface area (Å²) in [6, 6.07) is 22.4. The second kappa shape index (κ2) is 9.83. The van der Waals surface area contributed by atoms with Crippen LogP contribution < -0.4 is 0 Å². The first-order valence-electron chi connectivity index (χ1n) is 10.9. The molecule has 0 radical (unpaired) electrons. The Kier molecular flexibility index (Phi) is 6.71. The SMILES string of the molecule is O=C(O)CCc1ccc(C2CCN(C(=O)O)CC2OCc2ccc3ccccc3c2)cc1. The number of carboxylic acids is 1. The largest absolute Gasteiger partial charge is 0.481 e. The van der Waals surface area contributed by atoms with E-state index in [1.165, 1.54) is 10.3 Å². The zero-order valence-electron chi connectivity index (χ0n) is 17.8. The maximum absolute atomic E-state index is 11.6. The molecule has 6 heteroatoms. The van der Waals surface area contributed by atoms with Gasteiger partial charge in [0, 0.05) is 18.9 Å². The Hall–Kier alpha value is -3.38. The van der Waals surface area contributed by atoms with Gasteiger partial charge in [0.25, 0.3) is 0 Å². The Morgan fingerprint density at radius 2 is 1.66 bits per heavy atom. The van der Waals surface area contributed by atoms with Crippen molar-refractivity contribution in [3.63, 3.8) is 0 Å². The molecule has 1 fully saturated rings. The number of nitrogens with zero attached hydrogens (tertiary/aromatic N) is 1. The predicted molar refractivity (Wildman–Crippen MR) is 122 cm³/mol. The van der Waals surface area contributed by atoms with Gasteiger partial charge >= 0.3 is 12.1 Å². The smallest absolute Gasteiger partial charge is 0.407 e. The van der Waals surface area contributed by atoms with E-state index in [2.05, 4.69) is 24.3 Å². The molecule has 1 heterocycles. The van der Waals surface area contributed by atoms with E-state index >= 15 is 0 Å². The lowest BCUT2D eigenvalue weighted by molar-refractivity contribution is -0.136. The van der Waals surface area contributed by atoms with Crippen LogP contribution in [0.25, 0.3) is 10.8 Å². The van der Waals surface area contributed by atoms with Crippen molar-refractivity contribution in [1.82, 2.24) is 4.90 Å². The molecule has 32 heavy (non-hydrogen) atoms. The van der Waals surface area contributed by atoms with Crippen molar-refractivity contribution in [1.29, 1.82) is 0 Å². The number of aliphatic carboxylic acids is 1. The van der Waals surface area contributed by atoms with Crippen LogP contribution in [0.2, 0.25) is 0 Å². The minimum Gasteiger partial charge on any atom is -0.481 e. The molecule has 1 aliphatic heterocycles. The minimum atomic E-state index is -0.924. The van der Waals surface area contributed by atoms with Crippen LogP contribution in [0.3, 0.4) is 0 Å². The van der Waals surface area contributed by atoms with Gasteiger partial charge in [0.1, 0.15) is 0 Å². The van der Waals surface area contributed by atoms with Crippen molar-refractivity contribution < 1.29 is 24.5 Å². The first-order chi connectivity index (χ1) is 15.5. The van der Waals surface area contributed by atoms with Gasteiger partial charge in [0.15, 0.2) is 0 Å². The zero-order valence-corrected chi connectivity index (χ0v) is 17.8. The van der Waals surface area contributed by atoms with E-state index in [1.54, 1.807) is 0 Å². The molecule has 0 spiro atoms. The second-order valence-corrected chi connectivity index (χ2v) is 8.29. The van der Waals surface area contributed by atoms with E-state index in [4.69, 9.17) is 9.84 Å². The Balaban J connectivity index is 1.48. The maximum Gasteiger partial charge on any atom is 0.407 e. The molecular formula is C26H27NO5. The number of ether oxygens (including phenoxy) is 1. The van der Waals surface area contributed by atoms with Crippen molar-refractivity contribution >= 4 is 22.8 Å². The molecule has 0 bridgehead atoms. The van der Waals surface area contributed by atoms with Crippen LogP contribution in [0.15, 0.2) is 66.7 Å². The van der Waals surface area contributed by atoms with E-state index in [0.717, 1.165) is 22.1 Å². The van der Waals surface area contributed by atoms with Gasteiger partial charge in [0.2, 0.25) is 0 Å². The summed E-state index contributed by atoms with van der Waals surface area (Å²) >= 11 is 0. The number of amides is 1. The van der Waals surface area contributed by atoms with Crippen LogP contribution in [0.4, 0.5) is 4.79 Å². The van der Waals surface area contributed by atoms with Crippen molar-refractivity contribution in [2.24, 2.45) is 0 Å². The number of benzene rings is 3. The fourth-order valence-electron chi connectivity index (χ4n) is 4.36. The Bertz CT molecular complexity index is 1090. The number of carbonyl (C=O) groups is 2. The Labute approximate surface area is 187 Å². The number of hydrogen-bond acceptors (Lipinski definition) is 3. The molecule has 0 saturated carbocycles. The average Bonchev–Trinajstić information content (AvgIpc) is 2.81. The molecule has 4 rings (SSSR count). The van der Waals surface area contributed by atoms with Gasteiger partial charge in [-0.3, -0.25) is 4.79 Å². The number of piperidine rings is 1. The lowest BCUT2D eigenvalue weighted by Gasteiger charge is -2.37. The van der Waals surface area contributed by atoms with E-state index < -0.39 is 12.1 Å². The zero-order chi connectivity index (χ0) is 22.5. The van der Waals surface area contributed by atoms with Gasteiger partial charge in [-0.2, -0.15) is 0 Å². The van der Waals surface area contributed by atoms with Crippen molar-refractivity contribution in [3.05, 3.63) is 83.4 Å². The lowest BCUT2D eigenvalue weighted by Crippen LogP contribution is -2.46. The standard InChI is InChI=1S/C26H27NO5/c28-25(29)12-8-18-5-10-21(11-6-18)23-13-14-27(26(30)31)16-24(23)32-17-19-7-9-20-3-1-2-4-22(20)15-19/h1-7,9-11,15,23-24H,8,12-14,16-17H2,(H,28,29)(H,30,31). The normalized spacial score (nSPS) is 18.6. The molecule has 6 nitrogen and oxygen atoms in total. The average molecular weight is 434 g/mol. The number of carboxylic acid groups (broad SMARTS) is 2. The van der Waals surface area contributed by atoms with Crippen LogP contribution in [0, 0.1) is 0 Å². The summed E-state index contributed by atoms with van der Waals surface area (Å²) in [7, 11) is 0. The van der Waals surface area contributed by atoms with Gasteiger partial charge in [-0.25, -0.2) is 4.79 Å². The molecule has 0 aliphatic carbocycles. The summed E-state index contributed by atoms with van der Waals surface area (Å²) in [5, 5.41) is 20.7. The van der Waals surface area contributed by atoms with Crippen LogP contribution in [-0.2, 0) is 22.6 Å². The van der Waals surface area contributed by atoms with Crippen LogP contribution in [-0.4, -0.2) is 46.4 Å². The quantitative estimate of drug-likeness (QED) is 0.553. The molecule has 3 aromatic rings. The molecule has 1 amide bonds. The van der Waals surface area contributed by atoms with Crippen LogP contribution in [0.5, 0.6) is 0 Å². The fraction of sp³-hybridized carbons (Fsp3) is 0.308. The fourth-order valence-corrected chi connectivity index (χ4v) is 4.36. The lowest BCUT2D eigenvalue weighted by atomic mass is 9.86. The van der Waals surface area contributed by atoms with Crippen LogP contribution in [0.1, 0.15) is 35.4 Å². The summed E-state index contributed by atoms with van der Waals surface area (Å²) in [6.07, 6.45) is 0.106. The highest BCUT2D eigenvalue weighted by Gasteiger charge is 2.33.